The van der Waals surface area contributed by atoms with E-state index in [1.165, 1.54) is 16.5 Å². The maximum absolute atomic E-state index is 12.4. The normalized spacial score (nSPS) is 18.9. The highest BCUT2D eigenvalue weighted by molar-refractivity contribution is 5.98. The van der Waals surface area contributed by atoms with Crippen LogP contribution in [0.1, 0.15) is 25.5 Å². The van der Waals surface area contributed by atoms with Crippen molar-refractivity contribution in [3.05, 3.63) is 59.8 Å². The van der Waals surface area contributed by atoms with E-state index in [0.29, 0.717) is 6.54 Å². The van der Waals surface area contributed by atoms with Crippen LogP contribution in [0.25, 0.3) is 10.9 Å². The van der Waals surface area contributed by atoms with Crippen LogP contribution in [-0.2, 0) is 11.8 Å². The van der Waals surface area contributed by atoms with Crippen LogP contribution in [0, 0.1) is 0 Å². The summed E-state index contributed by atoms with van der Waals surface area (Å²) >= 11 is 0. The van der Waals surface area contributed by atoms with E-state index in [2.05, 4.69) is 36.4 Å². The fourth-order valence-electron chi connectivity index (χ4n) is 3.26. The Balaban J connectivity index is 2.20. The minimum Gasteiger partial charge on any atom is -0.350 e. The Morgan fingerprint density at radius 3 is 2.71 bits per heavy atom. The van der Waals surface area contributed by atoms with Crippen molar-refractivity contribution in [3.63, 3.8) is 0 Å². The smallest absolute Gasteiger partial charge is 0.250 e. The number of aryl methyl sites for hydroxylation is 1. The van der Waals surface area contributed by atoms with Gasteiger partial charge in [0.25, 0.3) is 5.91 Å². The van der Waals surface area contributed by atoms with Crippen molar-refractivity contribution in [1.82, 2.24) is 9.47 Å². The van der Waals surface area contributed by atoms with Crippen molar-refractivity contribution in [3.8, 4) is 0 Å². The van der Waals surface area contributed by atoms with Gasteiger partial charge in [0.05, 0.1) is 6.04 Å². The molecule has 0 saturated heterocycles. The molecule has 0 saturated carbocycles. The molecular formula is C18H20N2O. The molecule has 108 valence electrons. The Morgan fingerprint density at radius 2 is 2.00 bits per heavy atom. The summed E-state index contributed by atoms with van der Waals surface area (Å²) in [5, 5.41) is 1.21. The van der Waals surface area contributed by atoms with E-state index < -0.39 is 0 Å². The van der Waals surface area contributed by atoms with Gasteiger partial charge in [-0.25, -0.2) is 0 Å². The van der Waals surface area contributed by atoms with Gasteiger partial charge in [-0.05, 0) is 25.5 Å². The van der Waals surface area contributed by atoms with Gasteiger partial charge >= 0.3 is 0 Å². The SMILES string of the molecule is C=CCN1C(=O)C(C)=C(C)[C@@H]1c1cn(C)c2ccccc12. The van der Waals surface area contributed by atoms with Crippen molar-refractivity contribution in [2.45, 2.75) is 19.9 Å². The van der Waals surface area contributed by atoms with E-state index in [1.807, 2.05) is 31.0 Å². The molecule has 1 atom stereocenters. The fraction of sp³-hybridized carbons (Fsp3) is 0.278. The Bertz CT molecular complexity index is 767. The average Bonchev–Trinajstić information content (AvgIpc) is 2.91. The van der Waals surface area contributed by atoms with Crippen molar-refractivity contribution in [2.24, 2.45) is 7.05 Å². The molecule has 21 heavy (non-hydrogen) atoms. The zero-order valence-electron chi connectivity index (χ0n) is 12.8. The molecule has 1 aliphatic heterocycles. The molecule has 3 rings (SSSR count). The highest BCUT2D eigenvalue weighted by Crippen LogP contribution is 2.40. The van der Waals surface area contributed by atoms with Gasteiger partial charge in [-0.3, -0.25) is 4.79 Å². The summed E-state index contributed by atoms with van der Waals surface area (Å²) in [7, 11) is 2.05. The van der Waals surface area contributed by atoms with Crippen molar-refractivity contribution >= 4 is 16.8 Å². The molecule has 0 unspecified atom stereocenters. The third kappa shape index (κ3) is 1.92. The number of hydrogen-bond donors (Lipinski definition) is 0. The van der Waals surface area contributed by atoms with E-state index in [1.54, 1.807) is 6.08 Å². The van der Waals surface area contributed by atoms with Crippen LogP contribution in [0.5, 0.6) is 0 Å². The first kappa shape index (κ1) is 13.7. The van der Waals surface area contributed by atoms with Crippen molar-refractivity contribution in [1.29, 1.82) is 0 Å². The Labute approximate surface area is 125 Å². The number of aromatic nitrogens is 1. The Kier molecular flexibility index (Phi) is 3.20. The average molecular weight is 280 g/mol. The third-order valence-electron chi connectivity index (χ3n) is 4.44. The third-order valence-corrected chi connectivity index (χ3v) is 4.44. The molecule has 3 nitrogen and oxygen atoms in total. The number of hydrogen-bond acceptors (Lipinski definition) is 1. The molecule has 0 fully saturated rings. The molecule has 0 bridgehead atoms. The first-order valence-corrected chi connectivity index (χ1v) is 7.19. The number of nitrogens with zero attached hydrogens (tertiary/aromatic N) is 2. The summed E-state index contributed by atoms with van der Waals surface area (Å²) in [6.07, 6.45) is 3.93. The summed E-state index contributed by atoms with van der Waals surface area (Å²) in [5.41, 5.74) is 4.38. The van der Waals surface area contributed by atoms with Crippen LogP contribution in [0.3, 0.4) is 0 Å². The largest absolute Gasteiger partial charge is 0.350 e. The van der Waals surface area contributed by atoms with Crippen LogP contribution < -0.4 is 0 Å². The van der Waals surface area contributed by atoms with E-state index in [-0.39, 0.29) is 11.9 Å². The van der Waals surface area contributed by atoms with Gasteiger partial charge in [0, 0.05) is 41.8 Å². The summed E-state index contributed by atoms with van der Waals surface area (Å²) in [4.78, 5) is 14.3. The topological polar surface area (TPSA) is 25.2 Å². The van der Waals surface area contributed by atoms with Gasteiger partial charge < -0.3 is 9.47 Å². The second-order valence-corrected chi connectivity index (χ2v) is 5.67. The number of fused-ring (bicyclic) bond motifs is 1. The van der Waals surface area contributed by atoms with Gasteiger partial charge in [0.1, 0.15) is 0 Å². The quantitative estimate of drug-likeness (QED) is 0.789. The lowest BCUT2D eigenvalue weighted by atomic mass is 9.99. The molecule has 1 aromatic carbocycles. The van der Waals surface area contributed by atoms with Gasteiger partial charge in [-0.1, -0.05) is 24.3 Å². The summed E-state index contributed by atoms with van der Waals surface area (Å²) in [6, 6.07) is 8.34. The molecule has 1 aliphatic rings. The van der Waals surface area contributed by atoms with Crippen LogP contribution in [0.15, 0.2) is 54.3 Å². The molecule has 2 aromatic rings. The summed E-state index contributed by atoms with van der Waals surface area (Å²) in [6.45, 7) is 8.33. The number of para-hydroxylation sites is 1. The number of benzene rings is 1. The maximum Gasteiger partial charge on any atom is 0.250 e. The number of rotatable bonds is 3. The summed E-state index contributed by atoms with van der Waals surface area (Å²) in [5.74, 6) is 0.116. The van der Waals surface area contributed by atoms with Crippen LogP contribution >= 0.6 is 0 Å². The molecule has 0 spiro atoms. The van der Waals surface area contributed by atoms with Crippen LogP contribution in [0.4, 0.5) is 0 Å². The second-order valence-electron chi connectivity index (χ2n) is 5.67. The highest BCUT2D eigenvalue weighted by Gasteiger charge is 2.36. The molecular weight excluding hydrogens is 260 g/mol. The van der Waals surface area contributed by atoms with Gasteiger partial charge in [-0.15, -0.1) is 6.58 Å². The highest BCUT2D eigenvalue weighted by atomic mass is 16.2. The lowest BCUT2D eigenvalue weighted by Crippen LogP contribution is -2.30. The molecule has 1 amide bonds. The molecule has 0 aliphatic carbocycles. The standard InChI is InChI=1S/C18H20N2O/c1-5-10-20-17(12(2)13(3)18(20)21)15-11-19(4)16-9-7-6-8-14(15)16/h5-9,11,17H,1,10H2,2-4H3/t17-/m1/s1. The Morgan fingerprint density at radius 1 is 1.29 bits per heavy atom. The molecule has 1 aromatic heterocycles. The first-order chi connectivity index (χ1) is 10.1. The Hall–Kier alpha value is -2.29. The van der Waals surface area contributed by atoms with Crippen molar-refractivity contribution in [2.75, 3.05) is 6.54 Å². The van der Waals surface area contributed by atoms with E-state index >= 15 is 0 Å². The maximum atomic E-state index is 12.4. The molecule has 2 heterocycles. The monoisotopic (exact) mass is 280 g/mol. The second kappa shape index (κ2) is 4.92. The van der Waals surface area contributed by atoms with Gasteiger partial charge in [-0.2, -0.15) is 0 Å². The number of amides is 1. The number of carbonyl (C=O) groups is 1. The van der Waals surface area contributed by atoms with Gasteiger partial charge in [0.15, 0.2) is 0 Å². The lowest BCUT2D eigenvalue weighted by Gasteiger charge is -2.25. The minimum atomic E-state index is 0.0154. The van der Waals surface area contributed by atoms with Crippen LogP contribution in [-0.4, -0.2) is 21.9 Å². The van der Waals surface area contributed by atoms with Gasteiger partial charge in [0.2, 0.25) is 0 Å². The molecule has 0 N–H and O–H groups in total. The summed E-state index contributed by atoms with van der Waals surface area (Å²) < 4.78 is 2.13. The lowest BCUT2D eigenvalue weighted by molar-refractivity contribution is -0.126. The van der Waals surface area contributed by atoms with Crippen molar-refractivity contribution < 1.29 is 4.79 Å². The molecule has 0 radical (unpaired) electrons. The van der Waals surface area contributed by atoms with E-state index in [4.69, 9.17) is 0 Å². The molecule has 3 heteroatoms. The van der Waals surface area contributed by atoms with E-state index in [9.17, 15) is 4.79 Å². The van der Waals surface area contributed by atoms with E-state index in [0.717, 1.165) is 11.1 Å². The fourth-order valence-corrected chi connectivity index (χ4v) is 3.26. The first-order valence-electron chi connectivity index (χ1n) is 7.19. The zero-order chi connectivity index (χ0) is 15.1. The van der Waals surface area contributed by atoms with Crippen LogP contribution in [0.2, 0.25) is 0 Å². The predicted octanol–water partition coefficient (Wildman–Crippen LogP) is 3.58. The predicted molar refractivity (Wildman–Crippen MR) is 85.9 cm³/mol. The minimum absolute atomic E-state index is 0.0154. The zero-order valence-corrected chi connectivity index (χ0v) is 12.8. The number of carbonyl (C=O) groups excluding carboxylic acids is 1.